The second-order valence-electron chi connectivity index (χ2n) is 6.41. The fourth-order valence-electron chi connectivity index (χ4n) is 2.89. The maximum Gasteiger partial charge on any atom is 0.261 e. The Hall–Kier alpha value is -2.66. The van der Waals surface area contributed by atoms with Gasteiger partial charge in [0.05, 0.1) is 23.8 Å². The fourth-order valence-corrected chi connectivity index (χ4v) is 2.89. The van der Waals surface area contributed by atoms with Crippen LogP contribution in [-0.2, 0) is 6.54 Å². The van der Waals surface area contributed by atoms with Crippen molar-refractivity contribution in [2.75, 3.05) is 6.61 Å². The molecule has 0 amide bonds. The molecule has 0 fully saturated rings. The number of aliphatic hydroxyl groups excluding tert-OH is 1. The van der Waals surface area contributed by atoms with Gasteiger partial charge in [-0.25, -0.2) is 4.98 Å². The number of ether oxygens (including phenoxy) is 1. The minimum absolute atomic E-state index is 0.115. The Labute approximate surface area is 146 Å². The van der Waals surface area contributed by atoms with Gasteiger partial charge >= 0.3 is 0 Å². The number of nitrogens with zero attached hydrogens (tertiary/aromatic N) is 2. The van der Waals surface area contributed by atoms with Crippen LogP contribution in [0.3, 0.4) is 0 Å². The molecule has 1 atom stereocenters. The summed E-state index contributed by atoms with van der Waals surface area (Å²) in [6.07, 6.45) is 0.670. The zero-order valence-electron chi connectivity index (χ0n) is 14.7. The van der Waals surface area contributed by atoms with E-state index in [0.717, 1.165) is 22.4 Å². The van der Waals surface area contributed by atoms with Crippen LogP contribution in [0.25, 0.3) is 10.9 Å². The molecule has 0 spiro atoms. The summed E-state index contributed by atoms with van der Waals surface area (Å²) in [5, 5.41) is 10.8. The number of rotatable bonds is 5. The van der Waals surface area contributed by atoms with E-state index < -0.39 is 6.10 Å². The van der Waals surface area contributed by atoms with E-state index in [1.165, 1.54) is 10.9 Å². The molecule has 5 nitrogen and oxygen atoms in total. The normalized spacial score (nSPS) is 12.3. The van der Waals surface area contributed by atoms with Crippen molar-refractivity contribution in [1.29, 1.82) is 0 Å². The molecule has 1 N–H and O–H groups in total. The van der Waals surface area contributed by atoms with Gasteiger partial charge in [-0.15, -0.1) is 0 Å². The van der Waals surface area contributed by atoms with Crippen molar-refractivity contribution in [1.82, 2.24) is 9.55 Å². The lowest BCUT2D eigenvalue weighted by atomic mass is 10.1. The van der Waals surface area contributed by atoms with Crippen molar-refractivity contribution >= 4 is 10.9 Å². The quantitative estimate of drug-likeness (QED) is 0.777. The van der Waals surface area contributed by atoms with Gasteiger partial charge in [-0.05, 0) is 44.0 Å². The molecule has 0 saturated carbocycles. The number of aromatic nitrogens is 2. The highest BCUT2D eigenvalue weighted by molar-refractivity contribution is 5.77. The molecular formula is C20H22N2O3. The fraction of sp³-hybridized carbons (Fsp3) is 0.300. The maximum absolute atomic E-state index is 12.6. The number of para-hydroxylation sites is 1. The Morgan fingerprint density at radius 1 is 1.16 bits per heavy atom. The van der Waals surface area contributed by atoms with E-state index in [-0.39, 0.29) is 18.7 Å². The van der Waals surface area contributed by atoms with Gasteiger partial charge in [0.1, 0.15) is 18.5 Å². The number of hydrogen-bond donors (Lipinski definition) is 1. The third-order valence-corrected chi connectivity index (χ3v) is 4.22. The van der Waals surface area contributed by atoms with E-state index in [1.807, 2.05) is 57.2 Å². The van der Waals surface area contributed by atoms with Gasteiger partial charge in [0.2, 0.25) is 0 Å². The van der Waals surface area contributed by atoms with Crippen LogP contribution < -0.4 is 10.3 Å². The van der Waals surface area contributed by atoms with Crippen LogP contribution in [-0.4, -0.2) is 27.4 Å². The van der Waals surface area contributed by atoms with Crippen LogP contribution >= 0.6 is 0 Å². The molecule has 2 aromatic carbocycles. The lowest BCUT2D eigenvalue weighted by molar-refractivity contribution is 0.0908. The average molecular weight is 338 g/mol. The maximum atomic E-state index is 12.6. The van der Waals surface area contributed by atoms with Crippen molar-refractivity contribution in [3.8, 4) is 5.75 Å². The number of fused-ring (bicyclic) bond motifs is 1. The Morgan fingerprint density at radius 3 is 2.60 bits per heavy atom. The zero-order valence-corrected chi connectivity index (χ0v) is 14.7. The largest absolute Gasteiger partial charge is 0.490 e. The Bertz CT molecular complexity index is 943. The molecule has 0 radical (unpaired) electrons. The lowest BCUT2D eigenvalue weighted by Crippen LogP contribution is -2.30. The number of benzene rings is 2. The molecule has 130 valence electrons. The van der Waals surface area contributed by atoms with Gasteiger partial charge in [-0.1, -0.05) is 29.8 Å². The highest BCUT2D eigenvalue weighted by atomic mass is 16.5. The molecule has 3 rings (SSSR count). The van der Waals surface area contributed by atoms with Gasteiger partial charge < -0.3 is 9.84 Å². The minimum Gasteiger partial charge on any atom is -0.490 e. The van der Waals surface area contributed by atoms with Crippen LogP contribution in [0.5, 0.6) is 5.75 Å². The first kappa shape index (κ1) is 17.2. The summed E-state index contributed by atoms with van der Waals surface area (Å²) in [6, 6.07) is 11.5. The lowest BCUT2D eigenvalue weighted by Gasteiger charge is -2.16. The molecule has 1 heterocycles. The van der Waals surface area contributed by atoms with E-state index in [9.17, 15) is 9.90 Å². The van der Waals surface area contributed by atoms with Crippen molar-refractivity contribution in [3.63, 3.8) is 0 Å². The SMILES string of the molecule is Cc1ccc2ncn(CC(O)COc3c(C)cccc3C)c(=O)c2c1. The van der Waals surface area contributed by atoms with Crippen LogP contribution in [0.4, 0.5) is 0 Å². The average Bonchev–Trinajstić information content (AvgIpc) is 2.57. The molecule has 25 heavy (non-hydrogen) atoms. The van der Waals surface area contributed by atoms with E-state index in [2.05, 4.69) is 4.98 Å². The highest BCUT2D eigenvalue weighted by Crippen LogP contribution is 2.22. The summed E-state index contributed by atoms with van der Waals surface area (Å²) >= 11 is 0. The highest BCUT2D eigenvalue weighted by Gasteiger charge is 2.12. The molecule has 0 bridgehead atoms. The standard InChI is InChI=1S/C20H22N2O3/c1-13-7-8-18-17(9-13)20(24)22(12-21-18)10-16(23)11-25-19-14(2)5-4-6-15(19)3/h4-9,12,16,23H,10-11H2,1-3H3. The summed E-state index contributed by atoms with van der Waals surface area (Å²) in [4.78, 5) is 16.9. The first-order valence-corrected chi connectivity index (χ1v) is 8.28. The van der Waals surface area contributed by atoms with Crippen LogP contribution in [0.1, 0.15) is 16.7 Å². The summed E-state index contributed by atoms with van der Waals surface area (Å²) < 4.78 is 7.19. The molecule has 0 aliphatic carbocycles. The number of aliphatic hydroxyl groups is 1. The molecule has 5 heteroatoms. The van der Waals surface area contributed by atoms with Crippen molar-refractivity contribution in [3.05, 3.63) is 69.8 Å². The van der Waals surface area contributed by atoms with Crippen molar-refractivity contribution < 1.29 is 9.84 Å². The van der Waals surface area contributed by atoms with Crippen LogP contribution in [0.2, 0.25) is 0 Å². The first-order valence-electron chi connectivity index (χ1n) is 8.28. The van der Waals surface area contributed by atoms with Gasteiger partial charge in [0.25, 0.3) is 5.56 Å². The predicted octanol–water partition coefficient (Wildman–Crippen LogP) is 2.76. The van der Waals surface area contributed by atoms with Crippen LogP contribution in [0.15, 0.2) is 47.5 Å². The Morgan fingerprint density at radius 2 is 1.88 bits per heavy atom. The van der Waals surface area contributed by atoms with E-state index in [4.69, 9.17) is 4.74 Å². The van der Waals surface area contributed by atoms with E-state index in [0.29, 0.717) is 10.9 Å². The zero-order chi connectivity index (χ0) is 18.0. The molecular weight excluding hydrogens is 316 g/mol. The minimum atomic E-state index is -0.805. The monoisotopic (exact) mass is 338 g/mol. The van der Waals surface area contributed by atoms with Gasteiger partial charge in [0, 0.05) is 0 Å². The third kappa shape index (κ3) is 3.72. The second kappa shape index (κ2) is 7.07. The summed E-state index contributed by atoms with van der Waals surface area (Å²) in [6.45, 7) is 6.12. The second-order valence-corrected chi connectivity index (χ2v) is 6.41. The number of aryl methyl sites for hydroxylation is 3. The summed E-state index contributed by atoms with van der Waals surface area (Å²) in [7, 11) is 0. The van der Waals surface area contributed by atoms with Crippen molar-refractivity contribution in [2.24, 2.45) is 0 Å². The molecule has 3 aromatic rings. The molecule has 0 aliphatic rings. The van der Waals surface area contributed by atoms with Gasteiger partial charge in [-0.2, -0.15) is 0 Å². The third-order valence-electron chi connectivity index (χ3n) is 4.22. The smallest absolute Gasteiger partial charge is 0.261 e. The van der Waals surface area contributed by atoms with Crippen molar-refractivity contribution in [2.45, 2.75) is 33.4 Å². The molecule has 1 unspecified atom stereocenters. The molecule has 0 saturated heterocycles. The van der Waals surface area contributed by atoms with Crippen LogP contribution in [0, 0.1) is 20.8 Å². The predicted molar refractivity (Wildman–Crippen MR) is 98.2 cm³/mol. The Balaban J connectivity index is 1.75. The van der Waals surface area contributed by atoms with Gasteiger partial charge in [0.15, 0.2) is 0 Å². The first-order chi connectivity index (χ1) is 12.0. The molecule has 0 aliphatic heterocycles. The van der Waals surface area contributed by atoms with E-state index >= 15 is 0 Å². The molecule has 1 aromatic heterocycles. The summed E-state index contributed by atoms with van der Waals surface area (Å²) in [5.41, 5.74) is 3.55. The van der Waals surface area contributed by atoms with E-state index in [1.54, 1.807) is 0 Å². The topological polar surface area (TPSA) is 64.3 Å². The summed E-state index contributed by atoms with van der Waals surface area (Å²) in [5.74, 6) is 0.779. The number of hydrogen-bond acceptors (Lipinski definition) is 4. The van der Waals surface area contributed by atoms with Gasteiger partial charge in [-0.3, -0.25) is 9.36 Å². The Kier molecular flexibility index (Phi) is 4.86.